The fraction of sp³-hybridized carbons (Fsp3) is 0.350. The molecule has 3 atom stereocenters. The Bertz CT molecular complexity index is 1100. The summed E-state index contributed by atoms with van der Waals surface area (Å²) in [4.78, 5) is 12.5. The smallest absolute Gasteiger partial charge is 0.255 e. The van der Waals surface area contributed by atoms with Crippen LogP contribution in [0.15, 0.2) is 45.8 Å². The molecule has 6 nitrogen and oxygen atoms in total. The lowest BCUT2D eigenvalue weighted by Gasteiger charge is -2.36. The Balaban J connectivity index is 1.63. The number of amides is 1. The summed E-state index contributed by atoms with van der Waals surface area (Å²) in [5.41, 5.74) is 0.328. The van der Waals surface area contributed by atoms with Crippen LogP contribution in [0.1, 0.15) is 36.0 Å². The Morgan fingerprint density at radius 1 is 1.17 bits per heavy atom. The standard InChI is InChI=1S/C20H19BrClFN2O4S/c21-16-5-2-12(8-18(16)23)24-20(27)11-1-6-17(22)19(7-11)30(28,29)25-13-3-4-14(25)10-15(26)9-13/h1-2,5-8,13-15,26H,3-4,9-10H2,(H,24,27)/t13-,14?,15?/m1/s1. The molecule has 2 saturated heterocycles. The minimum Gasteiger partial charge on any atom is -0.393 e. The molecule has 2 unspecified atom stereocenters. The van der Waals surface area contributed by atoms with Gasteiger partial charge in [-0.05, 0) is 78.0 Å². The highest BCUT2D eigenvalue weighted by Gasteiger charge is 2.47. The van der Waals surface area contributed by atoms with Gasteiger partial charge in [-0.25, -0.2) is 12.8 Å². The van der Waals surface area contributed by atoms with Gasteiger partial charge >= 0.3 is 0 Å². The van der Waals surface area contributed by atoms with Crippen LogP contribution in [0, 0.1) is 5.82 Å². The largest absolute Gasteiger partial charge is 0.393 e. The summed E-state index contributed by atoms with van der Waals surface area (Å²) in [7, 11) is -3.95. The predicted molar refractivity (Wildman–Crippen MR) is 115 cm³/mol. The van der Waals surface area contributed by atoms with Gasteiger partial charge in [-0.15, -0.1) is 0 Å². The Hall–Kier alpha value is -1.52. The number of fused-ring (bicyclic) bond motifs is 2. The second-order valence-corrected chi connectivity index (χ2v) is 10.6. The van der Waals surface area contributed by atoms with E-state index in [4.69, 9.17) is 11.6 Å². The molecule has 2 fully saturated rings. The van der Waals surface area contributed by atoms with Gasteiger partial charge in [0.1, 0.15) is 10.7 Å². The minimum atomic E-state index is -3.95. The van der Waals surface area contributed by atoms with Gasteiger partial charge in [0.05, 0.1) is 15.6 Å². The second kappa shape index (κ2) is 8.20. The number of rotatable bonds is 4. The first kappa shape index (κ1) is 21.7. The third-order valence-corrected chi connectivity index (χ3v) is 8.70. The monoisotopic (exact) mass is 516 g/mol. The maximum absolute atomic E-state index is 13.7. The molecule has 0 saturated carbocycles. The van der Waals surface area contributed by atoms with Crippen LogP contribution in [0.2, 0.25) is 5.02 Å². The third kappa shape index (κ3) is 4.01. The number of sulfonamides is 1. The number of carbonyl (C=O) groups excluding carboxylic acids is 1. The molecule has 2 aliphatic heterocycles. The van der Waals surface area contributed by atoms with E-state index in [-0.39, 0.29) is 37.7 Å². The molecular formula is C20H19BrClFN2O4S. The highest BCUT2D eigenvalue weighted by molar-refractivity contribution is 9.10. The number of piperidine rings is 1. The van der Waals surface area contributed by atoms with E-state index in [0.717, 1.165) is 6.07 Å². The van der Waals surface area contributed by atoms with E-state index < -0.39 is 27.9 Å². The number of nitrogens with one attached hydrogen (secondary N) is 1. The van der Waals surface area contributed by atoms with Crippen molar-refractivity contribution in [3.8, 4) is 0 Å². The summed E-state index contributed by atoms with van der Waals surface area (Å²) in [6.45, 7) is 0. The summed E-state index contributed by atoms with van der Waals surface area (Å²) in [5, 5.41) is 12.5. The van der Waals surface area contributed by atoms with Crippen LogP contribution in [-0.4, -0.2) is 41.9 Å². The molecule has 2 bridgehead atoms. The van der Waals surface area contributed by atoms with E-state index in [1.54, 1.807) is 0 Å². The molecule has 0 spiro atoms. The molecular weight excluding hydrogens is 499 g/mol. The molecule has 4 rings (SSSR count). The van der Waals surface area contributed by atoms with Crippen molar-refractivity contribution in [2.75, 3.05) is 5.32 Å². The Morgan fingerprint density at radius 3 is 2.47 bits per heavy atom. The van der Waals surface area contributed by atoms with Gasteiger partial charge in [0.25, 0.3) is 5.91 Å². The fourth-order valence-electron chi connectivity index (χ4n) is 4.23. The number of hydrogen-bond donors (Lipinski definition) is 2. The third-order valence-electron chi connectivity index (χ3n) is 5.57. The van der Waals surface area contributed by atoms with Crippen LogP contribution in [0.5, 0.6) is 0 Å². The van der Waals surface area contributed by atoms with E-state index in [9.17, 15) is 22.7 Å². The minimum absolute atomic E-state index is 0.0201. The first-order valence-electron chi connectivity index (χ1n) is 9.44. The van der Waals surface area contributed by atoms with Crippen LogP contribution in [0.3, 0.4) is 0 Å². The summed E-state index contributed by atoms with van der Waals surface area (Å²) in [6, 6.07) is 7.62. The van der Waals surface area contributed by atoms with Crippen molar-refractivity contribution in [2.24, 2.45) is 0 Å². The van der Waals surface area contributed by atoms with Crippen LogP contribution >= 0.6 is 27.5 Å². The molecule has 2 heterocycles. The number of halogens is 3. The molecule has 0 aromatic heterocycles. The van der Waals surface area contributed by atoms with Crippen molar-refractivity contribution in [1.82, 2.24) is 4.31 Å². The predicted octanol–water partition coefficient (Wildman–Crippen LogP) is 4.17. The van der Waals surface area contributed by atoms with Crippen LogP contribution in [0.25, 0.3) is 0 Å². The molecule has 30 heavy (non-hydrogen) atoms. The Kier molecular flexibility index (Phi) is 5.93. The zero-order valence-electron chi connectivity index (χ0n) is 15.7. The van der Waals surface area contributed by atoms with Gasteiger partial charge in [-0.1, -0.05) is 11.6 Å². The zero-order chi connectivity index (χ0) is 21.6. The van der Waals surface area contributed by atoms with Crippen molar-refractivity contribution in [2.45, 2.75) is 48.8 Å². The summed E-state index contributed by atoms with van der Waals surface area (Å²) >= 11 is 9.25. The van der Waals surface area contributed by atoms with E-state index in [1.165, 1.54) is 34.6 Å². The molecule has 2 aromatic rings. The van der Waals surface area contributed by atoms with Crippen LogP contribution in [0.4, 0.5) is 10.1 Å². The maximum Gasteiger partial charge on any atom is 0.255 e. The van der Waals surface area contributed by atoms with Crippen LogP contribution in [-0.2, 0) is 10.0 Å². The van der Waals surface area contributed by atoms with Crippen LogP contribution < -0.4 is 5.32 Å². The highest BCUT2D eigenvalue weighted by Crippen LogP contribution is 2.41. The number of aliphatic hydroxyl groups is 1. The molecule has 2 aliphatic rings. The lowest BCUT2D eigenvalue weighted by molar-refractivity contribution is 0.0769. The van der Waals surface area contributed by atoms with Gasteiger partial charge in [-0.3, -0.25) is 4.79 Å². The maximum atomic E-state index is 13.7. The summed E-state index contributed by atoms with van der Waals surface area (Å²) in [6.07, 6.45) is 1.65. The number of nitrogens with zero attached hydrogens (tertiary/aromatic N) is 1. The van der Waals surface area contributed by atoms with Gasteiger partial charge in [0.2, 0.25) is 10.0 Å². The first-order chi connectivity index (χ1) is 14.2. The van der Waals surface area contributed by atoms with Crippen molar-refractivity contribution < 1.29 is 22.7 Å². The lowest BCUT2D eigenvalue weighted by atomic mass is 10.0. The molecule has 10 heteroatoms. The van der Waals surface area contributed by atoms with Crippen molar-refractivity contribution in [1.29, 1.82) is 0 Å². The fourth-order valence-corrected chi connectivity index (χ4v) is 6.87. The number of aliphatic hydroxyl groups excluding tert-OH is 1. The quantitative estimate of drug-likeness (QED) is 0.637. The topological polar surface area (TPSA) is 86.7 Å². The number of carbonyl (C=O) groups is 1. The van der Waals surface area contributed by atoms with Gasteiger partial charge in [0.15, 0.2) is 0 Å². The normalized spacial score (nSPS) is 24.1. The van der Waals surface area contributed by atoms with Crippen molar-refractivity contribution >= 4 is 49.1 Å². The molecule has 2 N–H and O–H groups in total. The van der Waals surface area contributed by atoms with Gasteiger partial charge in [0, 0.05) is 23.3 Å². The molecule has 0 radical (unpaired) electrons. The molecule has 160 valence electrons. The molecule has 2 aromatic carbocycles. The number of anilines is 1. The van der Waals surface area contributed by atoms with Gasteiger partial charge in [-0.2, -0.15) is 4.31 Å². The lowest BCUT2D eigenvalue weighted by Crippen LogP contribution is -2.47. The second-order valence-electron chi connectivity index (χ2n) is 7.57. The number of hydrogen-bond acceptors (Lipinski definition) is 4. The Morgan fingerprint density at radius 2 is 1.83 bits per heavy atom. The SMILES string of the molecule is O=C(Nc1ccc(Br)c(F)c1)c1ccc(Cl)c(S(=O)(=O)N2C3CC[C@@H]2CC(O)C3)c1. The van der Waals surface area contributed by atoms with Gasteiger partial charge < -0.3 is 10.4 Å². The first-order valence-corrected chi connectivity index (χ1v) is 12.1. The van der Waals surface area contributed by atoms with Crippen molar-refractivity contribution in [3.05, 3.63) is 57.3 Å². The summed E-state index contributed by atoms with van der Waals surface area (Å²) in [5.74, 6) is -1.11. The van der Waals surface area contributed by atoms with E-state index in [2.05, 4.69) is 21.2 Å². The zero-order valence-corrected chi connectivity index (χ0v) is 18.8. The van der Waals surface area contributed by atoms with Crippen molar-refractivity contribution in [3.63, 3.8) is 0 Å². The average molecular weight is 518 g/mol. The number of benzene rings is 2. The highest BCUT2D eigenvalue weighted by atomic mass is 79.9. The molecule has 1 amide bonds. The van der Waals surface area contributed by atoms with E-state index in [1.807, 2.05) is 0 Å². The van der Waals surface area contributed by atoms with E-state index in [0.29, 0.717) is 25.7 Å². The average Bonchev–Trinajstić information content (AvgIpc) is 2.97. The Labute approximate surface area is 187 Å². The van der Waals surface area contributed by atoms with E-state index >= 15 is 0 Å². The molecule has 0 aliphatic carbocycles. The summed E-state index contributed by atoms with van der Waals surface area (Å²) < 4.78 is 42.1.